The van der Waals surface area contributed by atoms with Crippen molar-refractivity contribution >= 4 is 23.0 Å². The van der Waals surface area contributed by atoms with Crippen molar-refractivity contribution in [1.29, 1.82) is 0 Å². The third-order valence-electron chi connectivity index (χ3n) is 3.59. The van der Waals surface area contributed by atoms with Gasteiger partial charge in [0, 0.05) is 6.04 Å². The first kappa shape index (κ1) is 11.9. The van der Waals surface area contributed by atoms with Crippen LogP contribution in [0, 0.1) is 5.92 Å². The molecule has 19 heavy (non-hydrogen) atoms. The number of nitrogens with one attached hydrogen (secondary N) is 2. The molecule has 3 N–H and O–H groups in total. The van der Waals surface area contributed by atoms with Gasteiger partial charge in [-0.15, -0.1) is 0 Å². The van der Waals surface area contributed by atoms with Gasteiger partial charge in [0.2, 0.25) is 0 Å². The van der Waals surface area contributed by atoms with Crippen LogP contribution in [0.15, 0.2) is 12.7 Å². The zero-order valence-electron chi connectivity index (χ0n) is 10.3. The van der Waals surface area contributed by atoms with E-state index < -0.39 is 5.97 Å². The molecule has 0 aliphatic heterocycles. The van der Waals surface area contributed by atoms with Gasteiger partial charge in [-0.05, 0) is 19.3 Å². The van der Waals surface area contributed by atoms with Gasteiger partial charge in [0.05, 0.1) is 12.2 Å². The molecule has 7 nitrogen and oxygen atoms in total. The number of H-pyrrole nitrogens is 1. The van der Waals surface area contributed by atoms with Crippen LogP contribution >= 0.6 is 0 Å². The van der Waals surface area contributed by atoms with Crippen molar-refractivity contribution in [2.24, 2.45) is 5.92 Å². The molecular weight excluding hydrogens is 246 g/mol. The Hall–Kier alpha value is -2.18. The SMILES string of the molecule is O=C(O)C1CCCC(Nc2ncnc3nc[nH]c23)C1. The summed E-state index contributed by atoms with van der Waals surface area (Å²) in [5.41, 5.74) is 1.38. The molecule has 1 aliphatic carbocycles. The highest BCUT2D eigenvalue weighted by atomic mass is 16.4. The normalized spacial score (nSPS) is 23.4. The van der Waals surface area contributed by atoms with E-state index in [1.807, 2.05) is 0 Å². The Labute approximate surface area is 109 Å². The Bertz CT molecular complexity index is 597. The zero-order chi connectivity index (χ0) is 13.2. The molecule has 1 aliphatic rings. The van der Waals surface area contributed by atoms with E-state index in [1.54, 1.807) is 6.33 Å². The van der Waals surface area contributed by atoms with Gasteiger partial charge in [-0.3, -0.25) is 4.79 Å². The number of carboxylic acids is 1. The molecule has 0 aromatic carbocycles. The number of imidazole rings is 1. The van der Waals surface area contributed by atoms with Gasteiger partial charge in [-0.1, -0.05) is 6.42 Å². The first-order valence-electron chi connectivity index (χ1n) is 6.37. The minimum atomic E-state index is -0.708. The summed E-state index contributed by atoms with van der Waals surface area (Å²) in [7, 11) is 0. The Balaban J connectivity index is 1.77. The number of aromatic amines is 1. The van der Waals surface area contributed by atoms with E-state index >= 15 is 0 Å². The van der Waals surface area contributed by atoms with Crippen LogP contribution in [0.2, 0.25) is 0 Å². The molecule has 7 heteroatoms. The van der Waals surface area contributed by atoms with Crippen LogP contribution < -0.4 is 5.32 Å². The van der Waals surface area contributed by atoms with Crippen molar-refractivity contribution in [3.05, 3.63) is 12.7 Å². The molecule has 1 saturated carbocycles. The van der Waals surface area contributed by atoms with E-state index in [2.05, 4.69) is 25.3 Å². The molecule has 3 rings (SSSR count). The van der Waals surface area contributed by atoms with Crippen LogP contribution in [0.4, 0.5) is 5.82 Å². The molecule has 0 radical (unpaired) electrons. The molecular formula is C12H15N5O2. The largest absolute Gasteiger partial charge is 0.481 e. The number of anilines is 1. The lowest BCUT2D eigenvalue weighted by molar-refractivity contribution is -0.142. The van der Waals surface area contributed by atoms with Gasteiger partial charge in [0.1, 0.15) is 11.8 Å². The molecule has 1 fully saturated rings. The average Bonchev–Trinajstić information content (AvgIpc) is 2.88. The highest BCUT2D eigenvalue weighted by Crippen LogP contribution is 2.27. The fourth-order valence-electron chi connectivity index (χ4n) is 2.61. The van der Waals surface area contributed by atoms with E-state index in [1.165, 1.54) is 6.33 Å². The fourth-order valence-corrected chi connectivity index (χ4v) is 2.61. The maximum Gasteiger partial charge on any atom is 0.306 e. The maximum atomic E-state index is 11.1. The van der Waals surface area contributed by atoms with Crippen molar-refractivity contribution in [2.75, 3.05) is 5.32 Å². The van der Waals surface area contributed by atoms with Crippen LogP contribution in [0.1, 0.15) is 25.7 Å². The molecule has 0 bridgehead atoms. The second-order valence-electron chi connectivity index (χ2n) is 4.87. The van der Waals surface area contributed by atoms with Gasteiger partial charge in [0.15, 0.2) is 11.5 Å². The number of rotatable bonds is 3. The van der Waals surface area contributed by atoms with Crippen molar-refractivity contribution in [2.45, 2.75) is 31.7 Å². The fraction of sp³-hybridized carbons (Fsp3) is 0.500. The minimum Gasteiger partial charge on any atom is -0.481 e. The van der Waals surface area contributed by atoms with Crippen molar-refractivity contribution in [3.63, 3.8) is 0 Å². The number of hydrogen-bond acceptors (Lipinski definition) is 5. The second kappa shape index (κ2) is 4.83. The van der Waals surface area contributed by atoms with E-state index in [4.69, 9.17) is 5.11 Å². The number of nitrogens with zero attached hydrogens (tertiary/aromatic N) is 3. The summed E-state index contributed by atoms with van der Waals surface area (Å²) < 4.78 is 0. The van der Waals surface area contributed by atoms with Crippen LogP contribution in [0.25, 0.3) is 11.2 Å². The second-order valence-corrected chi connectivity index (χ2v) is 4.87. The Morgan fingerprint density at radius 2 is 2.26 bits per heavy atom. The van der Waals surface area contributed by atoms with Gasteiger partial charge in [0.25, 0.3) is 0 Å². The number of carboxylic acid groups (broad SMARTS) is 1. The van der Waals surface area contributed by atoms with Crippen molar-refractivity contribution in [3.8, 4) is 0 Å². The number of carbonyl (C=O) groups is 1. The zero-order valence-corrected chi connectivity index (χ0v) is 10.3. The lowest BCUT2D eigenvalue weighted by Gasteiger charge is -2.27. The molecule has 2 heterocycles. The highest BCUT2D eigenvalue weighted by Gasteiger charge is 2.27. The van der Waals surface area contributed by atoms with Crippen LogP contribution in [0.5, 0.6) is 0 Å². The van der Waals surface area contributed by atoms with Crippen LogP contribution in [-0.2, 0) is 4.79 Å². The number of aromatic nitrogens is 4. The summed E-state index contributed by atoms with van der Waals surface area (Å²) >= 11 is 0. The molecule has 0 spiro atoms. The third kappa shape index (κ3) is 2.35. The molecule has 2 atom stereocenters. The van der Waals surface area contributed by atoms with E-state index in [9.17, 15) is 4.79 Å². The summed E-state index contributed by atoms with van der Waals surface area (Å²) in [6.45, 7) is 0. The standard InChI is InChI=1S/C12H15N5O2/c18-12(19)7-2-1-3-8(4-7)17-11-9-10(14-5-13-9)15-6-16-11/h5-8H,1-4H2,(H,18,19)(H2,13,14,15,16,17). The summed E-state index contributed by atoms with van der Waals surface area (Å²) in [5.74, 6) is -0.273. The quantitative estimate of drug-likeness (QED) is 0.771. The smallest absolute Gasteiger partial charge is 0.306 e. The third-order valence-corrected chi connectivity index (χ3v) is 3.59. The minimum absolute atomic E-state index is 0.135. The highest BCUT2D eigenvalue weighted by molar-refractivity contribution is 5.82. The summed E-state index contributed by atoms with van der Waals surface area (Å²) in [5, 5.41) is 12.4. The molecule has 100 valence electrons. The average molecular weight is 261 g/mol. The van der Waals surface area contributed by atoms with Gasteiger partial charge in [-0.25, -0.2) is 15.0 Å². The van der Waals surface area contributed by atoms with Gasteiger partial charge in [-0.2, -0.15) is 0 Å². The molecule has 0 saturated heterocycles. The Morgan fingerprint density at radius 3 is 3.11 bits per heavy atom. The monoisotopic (exact) mass is 261 g/mol. The molecule has 2 aromatic heterocycles. The summed E-state index contributed by atoms with van der Waals surface area (Å²) in [6, 6.07) is 0.135. The predicted molar refractivity (Wildman–Crippen MR) is 68.7 cm³/mol. The number of hydrogen-bond donors (Lipinski definition) is 3. The first-order chi connectivity index (χ1) is 9.24. The number of aliphatic carboxylic acids is 1. The van der Waals surface area contributed by atoms with Crippen molar-refractivity contribution < 1.29 is 9.90 Å². The Morgan fingerprint density at radius 1 is 1.37 bits per heavy atom. The van der Waals surface area contributed by atoms with E-state index in [0.717, 1.165) is 24.8 Å². The maximum absolute atomic E-state index is 11.1. The lowest BCUT2D eigenvalue weighted by Crippen LogP contribution is -2.31. The Kier molecular flexibility index (Phi) is 3.02. The summed E-state index contributed by atoms with van der Waals surface area (Å²) in [6.07, 6.45) is 6.31. The van der Waals surface area contributed by atoms with Crippen LogP contribution in [0.3, 0.4) is 0 Å². The number of fused-ring (bicyclic) bond motifs is 1. The molecule has 2 aromatic rings. The van der Waals surface area contributed by atoms with Gasteiger partial charge >= 0.3 is 5.97 Å². The van der Waals surface area contributed by atoms with Gasteiger partial charge < -0.3 is 15.4 Å². The molecule has 0 amide bonds. The first-order valence-corrected chi connectivity index (χ1v) is 6.37. The van der Waals surface area contributed by atoms with Crippen molar-refractivity contribution in [1.82, 2.24) is 19.9 Å². The lowest BCUT2D eigenvalue weighted by atomic mass is 9.86. The topological polar surface area (TPSA) is 104 Å². The molecule has 2 unspecified atom stereocenters. The van der Waals surface area contributed by atoms with Crippen LogP contribution in [-0.4, -0.2) is 37.1 Å². The van der Waals surface area contributed by atoms with E-state index in [-0.39, 0.29) is 12.0 Å². The van der Waals surface area contributed by atoms with E-state index in [0.29, 0.717) is 17.9 Å². The summed E-state index contributed by atoms with van der Waals surface area (Å²) in [4.78, 5) is 26.4. The predicted octanol–water partition coefficient (Wildman–Crippen LogP) is 1.41.